The second kappa shape index (κ2) is 1.65. The summed E-state index contributed by atoms with van der Waals surface area (Å²) in [6.07, 6.45) is 3.47. The van der Waals surface area contributed by atoms with E-state index in [1.54, 1.807) is 12.5 Å². The molecular weight excluding hydrogens is 116 g/mol. The van der Waals surface area contributed by atoms with Crippen molar-refractivity contribution in [1.29, 1.82) is 0 Å². The minimum absolute atomic E-state index is 0.852. The Kier molecular flexibility index (Phi) is 0.855. The maximum absolute atomic E-state index is 4.04. The Morgan fingerprint density at radius 3 is 3.44 bits per heavy atom. The SMILES string of the molecule is C1=NCCn2cnnc21. The summed E-state index contributed by atoms with van der Waals surface area (Å²) in [6.45, 7) is 1.77. The number of nitrogens with zero attached hydrogens (tertiary/aromatic N) is 4. The van der Waals surface area contributed by atoms with Crippen LogP contribution in [0.15, 0.2) is 11.3 Å². The molecule has 0 radical (unpaired) electrons. The molecule has 0 bridgehead atoms. The van der Waals surface area contributed by atoms with E-state index >= 15 is 0 Å². The van der Waals surface area contributed by atoms with Gasteiger partial charge in [0.25, 0.3) is 0 Å². The van der Waals surface area contributed by atoms with Gasteiger partial charge in [-0.2, -0.15) is 0 Å². The van der Waals surface area contributed by atoms with E-state index < -0.39 is 0 Å². The molecule has 0 aliphatic carbocycles. The summed E-state index contributed by atoms with van der Waals surface area (Å²) in [4.78, 5) is 4.04. The highest BCUT2D eigenvalue weighted by Crippen LogP contribution is 1.96. The molecule has 4 nitrogen and oxygen atoms in total. The van der Waals surface area contributed by atoms with Crippen molar-refractivity contribution in [2.75, 3.05) is 6.54 Å². The number of fused-ring (bicyclic) bond motifs is 1. The van der Waals surface area contributed by atoms with Crippen molar-refractivity contribution in [2.24, 2.45) is 4.99 Å². The molecule has 4 heteroatoms. The normalized spacial score (nSPS) is 15.6. The van der Waals surface area contributed by atoms with Gasteiger partial charge in [-0.25, -0.2) is 0 Å². The number of rotatable bonds is 0. The molecule has 0 amide bonds. The summed E-state index contributed by atoms with van der Waals surface area (Å²) in [6, 6.07) is 0. The summed E-state index contributed by atoms with van der Waals surface area (Å²) in [5.41, 5.74) is 0. The fourth-order valence-electron chi connectivity index (χ4n) is 0.848. The fourth-order valence-corrected chi connectivity index (χ4v) is 0.848. The van der Waals surface area contributed by atoms with Gasteiger partial charge in [-0.05, 0) is 0 Å². The maximum Gasteiger partial charge on any atom is 0.174 e. The van der Waals surface area contributed by atoms with Crippen LogP contribution in [-0.4, -0.2) is 27.5 Å². The lowest BCUT2D eigenvalue weighted by atomic mass is 10.5. The van der Waals surface area contributed by atoms with E-state index in [0.717, 1.165) is 18.9 Å². The lowest BCUT2D eigenvalue weighted by Crippen LogP contribution is -2.09. The van der Waals surface area contributed by atoms with E-state index in [-0.39, 0.29) is 0 Å². The molecule has 1 aliphatic heterocycles. The van der Waals surface area contributed by atoms with E-state index in [1.165, 1.54) is 0 Å². The number of aromatic nitrogens is 3. The van der Waals surface area contributed by atoms with Crippen LogP contribution < -0.4 is 0 Å². The predicted molar refractivity (Wildman–Crippen MR) is 32.5 cm³/mol. The van der Waals surface area contributed by atoms with Gasteiger partial charge < -0.3 is 4.57 Å². The molecule has 46 valence electrons. The second-order valence-corrected chi connectivity index (χ2v) is 1.92. The van der Waals surface area contributed by atoms with E-state index in [1.807, 2.05) is 4.57 Å². The van der Waals surface area contributed by atoms with Gasteiger partial charge in [0.1, 0.15) is 6.33 Å². The lowest BCUT2D eigenvalue weighted by molar-refractivity contribution is 0.686. The molecule has 2 rings (SSSR count). The van der Waals surface area contributed by atoms with Gasteiger partial charge >= 0.3 is 0 Å². The van der Waals surface area contributed by atoms with Gasteiger partial charge in [0.15, 0.2) is 5.82 Å². The highest BCUT2D eigenvalue weighted by Gasteiger charge is 2.02. The van der Waals surface area contributed by atoms with Crippen LogP contribution in [0.3, 0.4) is 0 Å². The monoisotopic (exact) mass is 122 g/mol. The highest BCUT2D eigenvalue weighted by atomic mass is 15.3. The van der Waals surface area contributed by atoms with E-state index in [4.69, 9.17) is 0 Å². The van der Waals surface area contributed by atoms with Crippen LogP contribution in [0.1, 0.15) is 5.82 Å². The quantitative estimate of drug-likeness (QED) is 0.474. The van der Waals surface area contributed by atoms with Crippen LogP contribution in [0.25, 0.3) is 0 Å². The first kappa shape index (κ1) is 4.67. The Morgan fingerprint density at radius 2 is 2.56 bits per heavy atom. The van der Waals surface area contributed by atoms with Crippen LogP contribution in [0.4, 0.5) is 0 Å². The predicted octanol–water partition coefficient (Wildman–Crippen LogP) is -0.289. The van der Waals surface area contributed by atoms with Gasteiger partial charge in [0.05, 0.1) is 12.8 Å². The van der Waals surface area contributed by atoms with Gasteiger partial charge in [-0.15, -0.1) is 10.2 Å². The summed E-state index contributed by atoms with van der Waals surface area (Å²) in [7, 11) is 0. The number of aliphatic imine (C=N–C) groups is 1. The highest BCUT2D eigenvalue weighted by molar-refractivity contribution is 5.75. The summed E-state index contributed by atoms with van der Waals surface area (Å²) in [5, 5.41) is 7.55. The van der Waals surface area contributed by atoms with Gasteiger partial charge in [-0.3, -0.25) is 4.99 Å². The van der Waals surface area contributed by atoms with E-state index in [0.29, 0.717) is 0 Å². The van der Waals surface area contributed by atoms with Gasteiger partial charge in [-0.1, -0.05) is 0 Å². The molecule has 0 saturated heterocycles. The van der Waals surface area contributed by atoms with Crippen molar-refractivity contribution in [3.63, 3.8) is 0 Å². The van der Waals surface area contributed by atoms with E-state index in [2.05, 4.69) is 15.2 Å². The fraction of sp³-hybridized carbons (Fsp3) is 0.400. The maximum atomic E-state index is 4.04. The molecule has 0 aromatic carbocycles. The topological polar surface area (TPSA) is 43.1 Å². The Hall–Kier alpha value is -1.19. The zero-order chi connectivity index (χ0) is 6.10. The molecule has 1 aromatic heterocycles. The van der Waals surface area contributed by atoms with Crippen molar-refractivity contribution < 1.29 is 0 Å². The average Bonchev–Trinajstić information content (AvgIpc) is 2.33. The van der Waals surface area contributed by atoms with Crippen molar-refractivity contribution in [3.8, 4) is 0 Å². The van der Waals surface area contributed by atoms with Crippen LogP contribution in [0.5, 0.6) is 0 Å². The molecule has 0 unspecified atom stereocenters. The molecule has 0 saturated carbocycles. The Bertz CT molecular complexity index is 237. The number of hydrogen-bond donors (Lipinski definition) is 0. The third kappa shape index (κ3) is 0.630. The summed E-state index contributed by atoms with van der Waals surface area (Å²) >= 11 is 0. The molecule has 2 heterocycles. The lowest BCUT2D eigenvalue weighted by Gasteiger charge is -2.03. The molecule has 0 fully saturated rings. The molecule has 9 heavy (non-hydrogen) atoms. The Balaban J connectivity index is 2.53. The van der Waals surface area contributed by atoms with E-state index in [9.17, 15) is 0 Å². The molecular formula is C5H6N4. The van der Waals surface area contributed by atoms with Crippen LogP contribution >= 0.6 is 0 Å². The number of hydrogen-bond acceptors (Lipinski definition) is 3. The minimum Gasteiger partial charge on any atom is -0.311 e. The first-order valence-corrected chi connectivity index (χ1v) is 2.84. The largest absolute Gasteiger partial charge is 0.311 e. The molecule has 0 N–H and O–H groups in total. The zero-order valence-corrected chi connectivity index (χ0v) is 4.86. The van der Waals surface area contributed by atoms with Crippen molar-refractivity contribution in [1.82, 2.24) is 14.8 Å². The first-order chi connectivity index (χ1) is 4.47. The molecule has 0 spiro atoms. The summed E-state index contributed by atoms with van der Waals surface area (Å²) < 4.78 is 1.98. The average molecular weight is 122 g/mol. The molecule has 1 aromatic rings. The van der Waals surface area contributed by atoms with Gasteiger partial charge in [0.2, 0.25) is 0 Å². The van der Waals surface area contributed by atoms with Gasteiger partial charge in [0, 0.05) is 6.54 Å². The summed E-state index contributed by atoms with van der Waals surface area (Å²) in [5.74, 6) is 0.862. The third-order valence-corrected chi connectivity index (χ3v) is 1.32. The Morgan fingerprint density at radius 1 is 1.56 bits per heavy atom. The molecule has 0 atom stereocenters. The van der Waals surface area contributed by atoms with Crippen LogP contribution in [0, 0.1) is 0 Å². The Labute approximate surface area is 52.2 Å². The minimum atomic E-state index is 0.852. The third-order valence-electron chi connectivity index (χ3n) is 1.32. The van der Waals surface area contributed by atoms with Crippen LogP contribution in [-0.2, 0) is 6.54 Å². The smallest absolute Gasteiger partial charge is 0.174 e. The van der Waals surface area contributed by atoms with Crippen molar-refractivity contribution in [3.05, 3.63) is 12.2 Å². The van der Waals surface area contributed by atoms with Crippen molar-refractivity contribution >= 4 is 6.21 Å². The first-order valence-electron chi connectivity index (χ1n) is 2.84. The zero-order valence-electron chi connectivity index (χ0n) is 4.86. The van der Waals surface area contributed by atoms with Crippen molar-refractivity contribution in [2.45, 2.75) is 6.54 Å². The molecule has 1 aliphatic rings. The standard InChI is InChI=1S/C5H6N4/c1-2-9-4-7-8-5(9)3-6-1/h3-4H,1-2H2. The second-order valence-electron chi connectivity index (χ2n) is 1.92. The van der Waals surface area contributed by atoms with Crippen LogP contribution in [0.2, 0.25) is 0 Å².